The Bertz CT molecular complexity index is 346. The van der Waals surface area contributed by atoms with Crippen LogP contribution >= 0.6 is 0 Å². The Labute approximate surface area is 88.7 Å². The molecule has 1 saturated heterocycles. The fourth-order valence-electron chi connectivity index (χ4n) is 2.20. The molecule has 0 radical (unpaired) electrons. The van der Waals surface area contributed by atoms with Crippen LogP contribution in [0.25, 0.3) is 0 Å². The Balaban J connectivity index is 2.32. The molecule has 0 aliphatic carbocycles. The van der Waals surface area contributed by atoms with Crippen LogP contribution in [0.5, 0.6) is 0 Å². The largest absolute Gasteiger partial charge is 0.347 e. The molecule has 1 fully saturated rings. The number of carbonyl (C=O) groups is 1. The van der Waals surface area contributed by atoms with Crippen LogP contribution in [0.3, 0.4) is 0 Å². The number of hydrogen-bond donors (Lipinski definition) is 2. The summed E-state index contributed by atoms with van der Waals surface area (Å²) in [6, 6.07) is -0.0281. The highest BCUT2D eigenvalue weighted by molar-refractivity contribution is 5.80. The monoisotopic (exact) mass is 208 g/mol. The van der Waals surface area contributed by atoms with Crippen molar-refractivity contribution in [3.05, 3.63) is 18.2 Å². The van der Waals surface area contributed by atoms with E-state index in [0.29, 0.717) is 6.42 Å². The minimum absolute atomic E-state index is 0.0556. The Morgan fingerprint density at radius 1 is 1.67 bits per heavy atom. The molecule has 2 atom stereocenters. The standard InChI is InChI=1S/C10H16N4O/c1-6(2)14-9(15)3-7(11)10(14)8-4-12-5-13-8/h4-7,10H,3,11H2,1-2H3,(H,12,13)/t7-,10-/m0/s1. The maximum absolute atomic E-state index is 11.7. The lowest BCUT2D eigenvalue weighted by atomic mass is 10.1. The van der Waals surface area contributed by atoms with E-state index in [1.165, 1.54) is 0 Å². The normalized spacial score (nSPS) is 26.7. The molecule has 0 bridgehead atoms. The van der Waals surface area contributed by atoms with Crippen molar-refractivity contribution in [3.63, 3.8) is 0 Å². The summed E-state index contributed by atoms with van der Waals surface area (Å²) < 4.78 is 0. The first-order valence-corrected chi connectivity index (χ1v) is 5.16. The Hall–Kier alpha value is -1.36. The van der Waals surface area contributed by atoms with Crippen LogP contribution in [0.4, 0.5) is 0 Å². The lowest BCUT2D eigenvalue weighted by Crippen LogP contribution is -2.37. The van der Waals surface area contributed by atoms with Gasteiger partial charge in [-0.3, -0.25) is 4.79 Å². The van der Waals surface area contributed by atoms with Gasteiger partial charge in [-0.1, -0.05) is 0 Å². The molecule has 5 heteroatoms. The van der Waals surface area contributed by atoms with Gasteiger partial charge in [0, 0.05) is 18.5 Å². The van der Waals surface area contributed by atoms with E-state index in [-0.39, 0.29) is 24.0 Å². The Kier molecular flexibility index (Phi) is 2.48. The van der Waals surface area contributed by atoms with E-state index < -0.39 is 0 Å². The highest BCUT2D eigenvalue weighted by Gasteiger charge is 2.40. The minimum atomic E-state index is -0.139. The second-order valence-corrected chi connectivity index (χ2v) is 4.21. The summed E-state index contributed by atoms with van der Waals surface area (Å²) in [7, 11) is 0. The predicted octanol–water partition coefficient (Wildman–Crippen LogP) is 0.419. The predicted molar refractivity (Wildman–Crippen MR) is 55.9 cm³/mol. The van der Waals surface area contributed by atoms with Crippen molar-refractivity contribution < 1.29 is 4.79 Å². The van der Waals surface area contributed by atoms with Crippen molar-refractivity contribution in [3.8, 4) is 0 Å². The molecular weight excluding hydrogens is 192 g/mol. The first kappa shape index (κ1) is 10.2. The van der Waals surface area contributed by atoms with Gasteiger partial charge in [-0.05, 0) is 13.8 Å². The molecule has 3 N–H and O–H groups in total. The number of nitrogens with one attached hydrogen (secondary N) is 1. The molecule has 2 heterocycles. The lowest BCUT2D eigenvalue weighted by molar-refractivity contribution is -0.130. The molecule has 2 rings (SSSR count). The summed E-state index contributed by atoms with van der Waals surface area (Å²) in [5.41, 5.74) is 6.90. The quantitative estimate of drug-likeness (QED) is 0.739. The van der Waals surface area contributed by atoms with Gasteiger partial charge < -0.3 is 15.6 Å². The third-order valence-corrected chi connectivity index (χ3v) is 2.80. The molecule has 0 aromatic carbocycles. The van der Waals surface area contributed by atoms with Gasteiger partial charge in [0.15, 0.2) is 0 Å². The fourth-order valence-corrected chi connectivity index (χ4v) is 2.20. The minimum Gasteiger partial charge on any atom is -0.347 e. The number of H-pyrrole nitrogens is 1. The van der Waals surface area contributed by atoms with E-state index in [0.717, 1.165) is 5.69 Å². The second-order valence-electron chi connectivity index (χ2n) is 4.21. The van der Waals surface area contributed by atoms with Gasteiger partial charge in [0.25, 0.3) is 0 Å². The molecule has 1 aromatic rings. The van der Waals surface area contributed by atoms with Crippen LogP contribution in [0.1, 0.15) is 32.0 Å². The molecular formula is C10H16N4O. The SMILES string of the molecule is CC(C)N1C(=O)C[C@H](N)[C@H]1c1cnc[nH]1. The van der Waals surface area contributed by atoms with Crippen LogP contribution in [0, 0.1) is 0 Å². The molecule has 0 unspecified atom stereocenters. The highest BCUT2D eigenvalue weighted by Crippen LogP contribution is 2.32. The van der Waals surface area contributed by atoms with E-state index in [9.17, 15) is 4.79 Å². The summed E-state index contributed by atoms with van der Waals surface area (Å²) in [6.07, 6.45) is 3.77. The molecule has 15 heavy (non-hydrogen) atoms. The van der Waals surface area contributed by atoms with Crippen LogP contribution in [0.15, 0.2) is 12.5 Å². The zero-order valence-corrected chi connectivity index (χ0v) is 8.97. The molecule has 1 aromatic heterocycles. The maximum atomic E-state index is 11.7. The smallest absolute Gasteiger partial charge is 0.225 e. The van der Waals surface area contributed by atoms with Crippen LogP contribution in [-0.4, -0.2) is 32.9 Å². The van der Waals surface area contributed by atoms with Gasteiger partial charge >= 0.3 is 0 Å². The van der Waals surface area contributed by atoms with E-state index >= 15 is 0 Å². The molecule has 1 aliphatic heterocycles. The van der Waals surface area contributed by atoms with Crippen molar-refractivity contribution in [1.29, 1.82) is 0 Å². The number of rotatable bonds is 2. The number of hydrogen-bond acceptors (Lipinski definition) is 3. The molecule has 0 spiro atoms. The van der Waals surface area contributed by atoms with E-state index in [4.69, 9.17) is 5.73 Å². The van der Waals surface area contributed by atoms with Gasteiger partial charge in [0.2, 0.25) is 5.91 Å². The average molecular weight is 208 g/mol. The zero-order valence-electron chi connectivity index (χ0n) is 8.97. The first-order valence-electron chi connectivity index (χ1n) is 5.16. The van der Waals surface area contributed by atoms with Crippen molar-refractivity contribution in [2.24, 2.45) is 5.73 Å². The lowest BCUT2D eigenvalue weighted by Gasteiger charge is -2.29. The number of imidazole rings is 1. The Morgan fingerprint density at radius 3 is 2.93 bits per heavy atom. The number of amides is 1. The van der Waals surface area contributed by atoms with Crippen LogP contribution in [-0.2, 0) is 4.79 Å². The van der Waals surface area contributed by atoms with Crippen molar-refractivity contribution in [2.75, 3.05) is 0 Å². The number of nitrogens with zero attached hydrogens (tertiary/aromatic N) is 2. The van der Waals surface area contributed by atoms with Gasteiger partial charge in [0.05, 0.1) is 24.3 Å². The molecule has 82 valence electrons. The molecule has 1 aliphatic rings. The third kappa shape index (κ3) is 1.63. The van der Waals surface area contributed by atoms with E-state index in [1.54, 1.807) is 12.5 Å². The third-order valence-electron chi connectivity index (χ3n) is 2.80. The zero-order chi connectivity index (χ0) is 11.0. The Morgan fingerprint density at radius 2 is 2.40 bits per heavy atom. The summed E-state index contributed by atoms with van der Waals surface area (Å²) in [5.74, 6) is 0.122. The number of nitrogens with two attached hydrogens (primary N) is 1. The van der Waals surface area contributed by atoms with Crippen molar-refractivity contribution in [2.45, 2.75) is 38.4 Å². The van der Waals surface area contributed by atoms with Gasteiger partial charge in [-0.2, -0.15) is 0 Å². The van der Waals surface area contributed by atoms with E-state index in [2.05, 4.69) is 9.97 Å². The average Bonchev–Trinajstić information content (AvgIpc) is 2.71. The second kappa shape index (κ2) is 3.66. The van der Waals surface area contributed by atoms with Crippen molar-refractivity contribution in [1.82, 2.24) is 14.9 Å². The summed E-state index contributed by atoms with van der Waals surface area (Å²) in [4.78, 5) is 20.6. The van der Waals surface area contributed by atoms with Crippen LogP contribution in [0.2, 0.25) is 0 Å². The summed E-state index contributed by atoms with van der Waals surface area (Å²) in [6.45, 7) is 4.00. The first-order chi connectivity index (χ1) is 7.11. The van der Waals surface area contributed by atoms with E-state index in [1.807, 2.05) is 18.7 Å². The highest BCUT2D eigenvalue weighted by atomic mass is 16.2. The van der Waals surface area contributed by atoms with Gasteiger partial charge in [-0.25, -0.2) is 4.98 Å². The number of carbonyl (C=O) groups excluding carboxylic acids is 1. The molecule has 5 nitrogen and oxygen atoms in total. The topological polar surface area (TPSA) is 75.0 Å². The number of aromatic nitrogens is 2. The number of likely N-dealkylation sites (tertiary alicyclic amines) is 1. The van der Waals surface area contributed by atoms with Gasteiger partial charge in [-0.15, -0.1) is 0 Å². The fraction of sp³-hybridized carbons (Fsp3) is 0.600. The van der Waals surface area contributed by atoms with Gasteiger partial charge in [0.1, 0.15) is 0 Å². The van der Waals surface area contributed by atoms with Crippen molar-refractivity contribution >= 4 is 5.91 Å². The maximum Gasteiger partial charge on any atom is 0.225 e. The number of aromatic amines is 1. The summed E-state index contributed by atoms with van der Waals surface area (Å²) in [5, 5.41) is 0. The van der Waals surface area contributed by atoms with Crippen LogP contribution < -0.4 is 5.73 Å². The summed E-state index contributed by atoms with van der Waals surface area (Å²) >= 11 is 0. The molecule has 0 saturated carbocycles. The molecule has 1 amide bonds.